The molecule has 0 amide bonds. The van der Waals surface area contributed by atoms with Gasteiger partial charge in [0.1, 0.15) is 0 Å². The molecule has 0 aliphatic carbocycles. The van der Waals surface area contributed by atoms with E-state index in [1.165, 1.54) is 24.3 Å². The van der Waals surface area contributed by atoms with Crippen molar-refractivity contribution in [2.24, 2.45) is 0 Å². The second-order valence-corrected chi connectivity index (χ2v) is 5.48. The molecule has 0 aliphatic rings. The quantitative estimate of drug-likeness (QED) is 0.695. The standard InChI is InChI=1S/C12H7F3O5S/c13-12(14,15)21(18,19)20-10-6-5-9(11(16)17)7-3-1-2-4-8(7)10/h1-6H,(H,16,17). The average molecular weight is 320 g/mol. The van der Waals surface area contributed by atoms with E-state index in [2.05, 4.69) is 4.18 Å². The monoisotopic (exact) mass is 320 g/mol. The maximum absolute atomic E-state index is 12.3. The summed E-state index contributed by atoms with van der Waals surface area (Å²) in [5.74, 6) is -1.88. The number of halogens is 3. The molecule has 9 heteroatoms. The van der Waals surface area contributed by atoms with E-state index in [1.807, 2.05) is 0 Å². The second kappa shape index (κ2) is 4.92. The van der Waals surface area contributed by atoms with Gasteiger partial charge in [0.25, 0.3) is 0 Å². The molecule has 1 N–H and O–H groups in total. The van der Waals surface area contributed by atoms with Crippen LogP contribution in [0.25, 0.3) is 10.8 Å². The van der Waals surface area contributed by atoms with Crippen LogP contribution in [0.1, 0.15) is 10.4 Å². The van der Waals surface area contributed by atoms with Crippen molar-refractivity contribution in [3.05, 3.63) is 42.0 Å². The number of fused-ring (bicyclic) bond motifs is 1. The highest BCUT2D eigenvalue weighted by atomic mass is 32.2. The van der Waals surface area contributed by atoms with Gasteiger partial charge in [0.15, 0.2) is 5.75 Å². The molecule has 0 aromatic heterocycles. The first-order chi connectivity index (χ1) is 9.63. The fraction of sp³-hybridized carbons (Fsp3) is 0.0833. The van der Waals surface area contributed by atoms with Crippen molar-refractivity contribution in [2.75, 3.05) is 0 Å². The van der Waals surface area contributed by atoms with Gasteiger partial charge in [0, 0.05) is 5.39 Å². The summed E-state index contributed by atoms with van der Waals surface area (Å²) in [5, 5.41) is 9.02. The van der Waals surface area contributed by atoms with Gasteiger partial charge in [-0.25, -0.2) is 4.79 Å². The Morgan fingerprint density at radius 2 is 1.62 bits per heavy atom. The molecule has 2 aromatic carbocycles. The summed E-state index contributed by atoms with van der Waals surface area (Å²) in [5.41, 5.74) is -5.75. The SMILES string of the molecule is O=C(O)c1ccc(OS(=O)(=O)C(F)(F)F)c2ccccc12. The highest BCUT2D eigenvalue weighted by molar-refractivity contribution is 7.88. The number of carboxylic acid groups (broad SMARTS) is 1. The van der Waals surface area contributed by atoms with E-state index in [9.17, 15) is 26.4 Å². The van der Waals surface area contributed by atoms with Crippen LogP contribution in [0, 0.1) is 0 Å². The molecular formula is C12H7F3O5S. The van der Waals surface area contributed by atoms with E-state index < -0.39 is 27.3 Å². The van der Waals surface area contributed by atoms with Gasteiger partial charge in [-0.3, -0.25) is 0 Å². The highest BCUT2D eigenvalue weighted by Crippen LogP contribution is 2.33. The van der Waals surface area contributed by atoms with E-state index in [0.29, 0.717) is 0 Å². The van der Waals surface area contributed by atoms with Crippen LogP contribution < -0.4 is 4.18 Å². The number of carboxylic acids is 1. The van der Waals surface area contributed by atoms with E-state index >= 15 is 0 Å². The summed E-state index contributed by atoms with van der Waals surface area (Å²) >= 11 is 0. The molecule has 0 radical (unpaired) electrons. The van der Waals surface area contributed by atoms with Crippen molar-refractivity contribution < 1.29 is 35.7 Å². The second-order valence-electron chi connectivity index (χ2n) is 3.95. The van der Waals surface area contributed by atoms with Crippen LogP contribution >= 0.6 is 0 Å². The molecule has 0 saturated heterocycles. The first-order valence-electron chi connectivity index (χ1n) is 5.39. The smallest absolute Gasteiger partial charge is 0.478 e. The zero-order valence-corrected chi connectivity index (χ0v) is 10.9. The van der Waals surface area contributed by atoms with Gasteiger partial charge in [-0.15, -0.1) is 0 Å². The van der Waals surface area contributed by atoms with Crippen molar-refractivity contribution in [2.45, 2.75) is 5.51 Å². The van der Waals surface area contributed by atoms with Crippen molar-refractivity contribution in [1.82, 2.24) is 0 Å². The van der Waals surface area contributed by atoms with Gasteiger partial charge < -0.3 is 9.29 Å². The minimum Gasteiger partial charge on any atom is -0.478 e. The molecule has 2 aromatic rings. The van der Waals surface area contributed by atoms with Crippen LogP contribution in [0.15, 0.2) is 36.4 Å². The third-order valence-corrected chi connectivity index (χ3v) is 3.56. The lowest BCUT2D eigenvalue weighted by molar-refractivity contribution is -0.0499. The van der Waals surface area contributed by atoms with Crippen LogP contribution in [0.5, 0.6) is 5.75 Å². The topological polar surface area (TPSA) is 80.7 Å². The minimum atomic E-state index is -5.82. The van der Waals surface area contributed by atoms with Gasteiger partial charge >= 0.3 is 21.6 Å². The van der Waals surface area contributed by atoms with E-state index in [0.717, 1.165) is 12.1 Å². The predicted octanol–water partition coefficient (Wildman–Crippen LogP) is 2.77. The molecule has 0 saturated carbocycles. The Bertz CT molecular complexity index is 811. The van der Waals surface area contributed by atoms with Gasteiger partial charge in [-0.1, -0.05) is 24.3 Å². The first-order valence-corrected chi connectivity index (χ1v) is 6.80. The van der Waals surface area contributed by atoms with E-state index in [-0.39, 0.29) is 16.3 Å². The summed E-state index contributed by atoms with van der Waals surface area (Å²) in [6.07, 6.45) is 0. The number of hydrogen-bond acceptors (Lipinski definition) is 4. The lowest BCUT2D eigenvalue weighted by Crippen LogP contribution is -2.28. The lowest BCUT2D eigenvalue weighted by atomic mass is 10.0. The Morgan fingerprint density at radius 3 is 2.14 bits per heavy atom. The fourth-order valence-electron chi connectivity index (χ4n) is 1.70. The van der Waals surface area contributed by atoms with Crippen molar-refractivity contribution in [3.63, 3.8) is 0 Å². The summed E-state index contributed by atoms with van der Waals surface area (Å²) in [7, 11) is -5.82. The number of hydrogen-bond donors (Lipinski definition) is 1. The molecule has 0 atom stereocenters. The molecule has 0 spiro atoms. The van der Waals surface area contributed by atoms with E-state index in [1.54, 1.807) is 0 Å². The Hall–Kier alpha value is -2.29. The van der Waals surface area contributed by atoms with Crippen LogP contribution in [-0.2, 0) is 10.1 Å². The molecule has 0 bridgehead atoms. The zero-order chi connectivity index (χ0) is 15.8. The average Bonchev–Trinajstić information content (AvgIpc) is 2.37. The zero-order valence-electron chi connectivity index (χ0n) is 10.1. The number of aromatic carboxylic acids is 1. The molecule has 21 heavy (non-hydrogen) atoms. The largest absolute Gasteiger partial charge is 0.534 e. The fourth-order valence-corrected chi connectivity index (χ4v) is 2.17. The summed E-state index contributed by atoms with van der Waals surface area (Å²) < 4.78 is 63.1. The molecule has 0 aliphatic heterocycles. The summed E-state index contributed by atoms with van der Waals surface area (Å²) in [4.78, 5) is 11.0. The molecular weight excluding hydrogens is 313 g/mol. The minimum absolute atomic E-state index is 0.0507. The Kier molecular flexibility index (Phi) is 3.54. The van der Waals surface area contributed by atoms with Crippen LogP contribution in [-0.4, -0.2) is 25.0 Å². The predicted molar refractivity (Wildman–Crippen MR) is 66.5 cm³/mol. The normalized spacial score (nSPS) is 12.3. The molecule has 0 heterocycles. The number of alkyl halides is 3. The van der Waals surface area contributed by atoms with Crippen molar-refractivity contribution >= 4 is 26.9 Å². The maximum Gasteiger partial charge on any atom is 0.534 e. The number of carbonyl (C=O) groups is 1. The number of benzene rings is 2. The lowest BCUT2D eigenvalue weighted by Gasteiger charge is -2.12. The summed E-state index contributed by atoms with van der Waals surface area (Å²) in [6, 6.07) is 7.34. The molecule has 5 nitrogen and oxygen atoms in total. The number of rotatable bonds is 3. The van der Waals surface area contributed by atoms with Gasteiger partial charge in [-0.05, 0) is 17.5 Å². The van der Waals surface area contributed by atoms with Crippen LogP contribution in [0.2, 0.25) is 0 Å². The van der Waals surface area contributed by atoms with E-state index in [4.69, 9.17) is 5.11 Å². The third kappa shape index (κ3) is 2.77. The first kappa shape index (κ1) is 15.1. The Morgan fingerprint density at radius 1 is 1.05 bits per heavy atom. The van der Waals surface area contributed by atoms with Gasteiger partial charge in [0.2, 0.25) is 0 Å². The Labute approximate surface area is 116 Å². The maximum atomic E-state index is 12.3. The van der Waals surface area contributed by atoms with Crippen molar-refractivity contribution in [3.8, 4) is 5.75 Å². The van der Waals surface area contributed by atoms with Crippen LogP contribution in [0.4, 0.5) is 13.2 Å². The van der Waals surface area contributed by atoms with Crippen LogP contribution in [0.3, 0.4) is 0 Å². The molecule has 0 unspecified atom stereocenters. The highest BCUT2D eigenvalue weighted by Gasteiger charge is 2.48. The molecule has 112 valence electrons. The molecule has 0 fully saturated rings. The van der Waals surface area contributed by atoms with Gasteiger partial charge in [0.05, 0.1) is 5.56 Å². The van der Waals surface area contributed by atoms with Crippen molar-refractivity contribution in [1.29, 1.82) is 0 Å². The molecule has 2 rings (SSSR count). The van der Waals surface area contributed by atoms with Gasteiger partial charge in [-0.2, -0.15) is 21.6 Å². The Balaban J connectivity index is 2.63. The third-order valence-electron chi connectivity index (χ3n) is 2.60. The summed E-state index contributed by atoms with van der Waals surface area (Å²) in [6.45, 7) is 0.